The third-order valence-corrected chi connectivity index (χ3v) is 5.30. The number of hydrogen-bond acceptors (Lipinski definition) is 1. The maximum absolute atomic E-state index is 12.7. The average molecular weight is 346 g/mol. The third-order valence-electron chi connectivity index (χ3n) is 4.74. The second-order valence-electron chi connectivity index (χ2n) is 7.58. The van der Waals surface area contributed by atoms with Crippen LogP contribution >= 0.6 is 15.9 Å². The fraction of sp³-hybridized carbons (Fsp3) is 0.941. The number of halogens is 1. The van der Waals surface area contributed by atoms with Crippen LogP contribution in [0.5, 0.6) is 0 Å². The molecule has 1 fully saturated rings. The van der Waals surface area contributed by atoms with E-state index in [4.69, 9.17) is 0 Å². The molecule has 0 aromatic rings. The number of rotatable bonds is 5. The number of hydrogen-bond donors (Lipinski definition) is 0. The predicted octanol–water partition coefficient (Wildman–Crippen LogP) is 4.86. The maximum atomic E-state index is 12.7. The highest BCUT2D eigenvalue weighted by Gasteiger charge is 2.34. The summed E-state index contributed by atoms with van der Waals surface area (Å²) >= 11 is 3.46. The van der Waals surface area contributed by atoms with E-state index in [1.165, 1.54) is 12.8 Å². The van der Waals surface area contributed by atoms with Crippen molar-refractivity contribution in [2.45, 2.75) is 72.8 Å². The highest BCUT2D eigenvalue weighted by atomic mass is 79.9. The second kappa shape index (κ2) is 7.82. The molecule has 1 saturated carbocycles. The van der Waals surface area contributed by atoms with Crippen LogP contribution in [0, 0.1) is 17.3 Å². The monoisotopic (exact) mass is 345 g/mol. The van der Waals surface area contributed by atoms with Crippen LogP contribution in [0.4, 0.5) is 0 Å². The van der Waals surface area contributed by atoms with E-state index in [9.17, 15) is 4.79 Å². The Hall–Kier alpha value is -0.0500. The topological polar surface area (TPSA) is 20.3 Å². The van der Waals surface area contributed by atoms with Crippen molar-refractivity contribution in [3.8, 4) is 0 Å². The van der Waals surface area contributed by atoms with Crippen molar-refractivity contribution >= 4 is 21.8 Å². The Kier molecular flexibility index (Phi) is 7.03. The molecule has 0 aliphatic heterocycles. The third kappa shape index (κ3) is 5.05. The van der Waals surface area contributed by atoms with Crippen LogP contribution in [0.1, 0.15) is 66.7 Å². The van der Waals surface area contributed by atoms with Crippen LogP contribution in [0.2, 0.25) is 0 Å². The van der Waals surface area contributed by atoms with E-state index < -0.39 is 0 Å². The van der Waals surface area contributed by atoms with Crippen molar-refractivity contribution in [3.63, 3.8) is 0 Å². The van der Waals surface area contributed by atoms with Gasteiger partial charge in [-0.05, 0) is 57.3 Å². The van der Waals surface area contributed by atoms with Gasteiger partial charge in [-0.15, -0.1) is 0 Å². The second-order valence-corrected chi connectivity index (χ2v) is 8.38. The lowest BCUT2D eigenvalue weighted by Crippen LogP contribution is -2.43. The first-order chi connectivity index (χ1) is 9.27. The minimum absolute atomic E-state index is 0.270. The highest BCUT2D eigenvalue weighted by Crippen LogP contribution is 2.40. The van der Waals surface area contributed by atoms with E-state index in [1.54, 1.807) is 0 Å². The first-order valence-corrected chi connectivity index (χ1v) is 9.26. The molecule has 0 atom stereocenters. The first kappa shape index (κ1) is 18.0. The van der Waals surface area contributed by atoms with Gasteiger partial charge in [0.15, 0.2) is 0 Å². The summed E-state index contributed by atoms with van der Waals surface area (Å²) in [6, 6.07) is 0.321. The zero-order valence-electron chi connectivity index (χ0n) is 13.9. The van der Waals surface area contributed by atoms with Crippen LogP contribution in [0.15, 0.2) is 0 Å². The smallest absolute Gasteiger partial charge is 0.225 e. The molecule has 20 heavy (non-hydrogen) atoms. The van der Waals surface area contributed by atoms with Crippen molar-refractivity contribution in [1.82, 2.24) is 4.90 Å². The lowest BCUT2D eigenvalue weighted by molar-refractivity contribution is -0.139. The quantitative estimate of drug-likeness (QED) is 0.651. The van der Waals surface area contributed by atoms with Gasteiger partial charge in [-0.3, -0.25) is 4.79 Å². The van der Waals surface area contributed by atoms with Gasteiger partial charge < -0.3 is 4.90 Å². The fourth-order valence-electron chi connectivity index (χ4n) is 3.29. The number of alkyl halides is 1. The molecular weight excluding hydrogens is 314 g/mol. The Morgan fingerprint density at radius 2 is 1.75 bits per heavy atom. The summed E-state index contributed by atoms with van der Waals surface area (Å²) in [4.78, 5) is 14.8. The van der Waals surface area contributed by atoms with E-state index in [0.29, 0.717) is 17.4 Å². The van der Waals surface area contributed by atoms with E-state index >= 15 is 0 Å². The van der Waals surface area contributed by atoms with Crippen LogP contribution < -0.4 is 0 Å². The molecule has 1 aliphatic carbocycles. The zero-order chi connectivity index (χ0) is 15.3. The Labute approximate surface area is 133 Å². The molecule has 0 saturated heterocycles. The largest absolute Gasteiger partial charge is 0.340 e. The summed E-state index contributed by atoms with van der Waals surface area (Å²) in [5.41, 5.74) is 0.391. The molecule has 0 heterocycles. The lowest BCUT2D eigenvalue weighted by Gasteiger charge is -2.38. The minimum Gasteiger partial charge on any atom is -0.340 e. The summed E-state index contributed by atoms with van der Waals surface area (Å²) < 4.78 is 0. The molecular formula is C17H32BrNO. The number of carbonyl (C=O) groups is 1. The number of nitrogens with zero attached hydrogens (tertiary/aromatic N) is 1. The number of amides is 1. The van der Waals surface area contributed by atoms with Crippen LogP contribution in [0.3, 0.4) is 0 Å². The molecule has 0 spiro atoms. The Bertz CT molecular complexity index is 301. The van der Waals surface area contributed by atoms with Gasteiger partial charge in [-0.25, -0.2) is 0 Å². The molecule has 0 radical (unpaired) electrons. The minimum atomic E-state index is 0.270. The van der Waals surface area contributed by atoms with Crippen LogP contribution in [0.25, 0.3) is 0 Å². The van der Waals surface area contributed by atoms with Gasteiger partial charge in [-0.1, -0.05) is 36.7 Å². The average Bonchev–Trinajstić information content (AvgIpc) is 2.37. The molecule has 0 aromatic carbocycles. The van der Waals surface area contributed by atoms with Gasteiger partial charge in [0.25, 0.3) is 0 Å². The van der Waals surface area contributed by atoms with E-state index in [0.717, 1.165) is 37.1 Å². The van der Waals surface area contributed by atoms with Gasteiger partial charge >= 0.3 is 0 Å². The van der Waals surface area contributed by atoms with Gasteiger partial charge in [0.05, 0.1) is 0 Å². The van der Waals surface area contributed by atoms with Gasteiger partial charge in [0.1, 0.15) is 0 Å². The molecule has 0 aromatic heterocycles. The Morgan fingerprint density at radius 1 is 1.20 bits per heavy atom. The zero-order valence-corrected chi connectivity index (χ0v) is 15.5. The van der Waals surface area contributed by atoms with Crippen molar-refractivity contribution in [1.29, 1.82) is 0 Å². The molecule has 118 valence electrons. The predicted molar refractivity (Wildman–Crippen MR) is 90.2 cm³/mol. The van der Waals surface area contributed by atoms with Crippen molar-refractivity contribution in [2.75, 3.05) is 11.9 Å². The van der Waals surface area contributed by atoms with Crippen LogP contribution in [-0.2, 0) is 4.79 Å². The van der Waals surface area contributed by atoms with E-state index in [1.807, 2.05) is 0 Å². The molecule has 0 bridgehead atoms. The van der Waals surface area contributed by atoms with Gasteiger partial charge in [0, 0.05) is 23.8 Å². The van der Waals surface area contributed by atoms with E-state index in [2.05, 4.69) is 55.4 Å². The van der Waals surface area contributed by atoms with E-state index in [-0.39, 0.29) is 5.92 Å². The molecule has 1 rings (SSSR count). The van der Waals surface area contributed by atoms with Crippen molar-refractivity contribution in [3.05, 3.63) is 0 Å². The molecule has 0 unspecified atom stereocenters. The summed E-state index contributed by atoms with van der Waals surface area (Å²) in [5, 5.41) is 0.972. The van der Waals surface area contributed by atoms with Crippen molar-refractivity contribution in [2.24, 2.45) is 17.3 Å². The summed E-state index contributed by atoms with van der Waals surface area (Å²) in [5.74, 6) is 1.45. The molecule has 2 nitrogen and oxygen atoms in total. The normalized spacial score (nSPS) is 23.9. The lowest BCUT2D eigenvalue weighted by atomic mass is 9.69. The first-order valence-electron chi connectivity index (χ1n) is 8.13. The fourth-order valence-corrected chi connectivity index (χ4v) is 3.54. The maximum Gasteiger partial charge on any atom is 0.225 e. The summed E-state index contributed by atoms with van der Waals surface area (Å²) in [6.45, 7) is 12.1. The van der Waals surface area contributed by atoms with Gasteiger partial charge in [0.2, 0.25) is 5.91 Å². The summed E-state index contributed by atoms with van der Waals surface area (Å²) in [7, 11) is 0. The van der Waals surface area contributed by atoms with Gasteiger partial charge in [-0.2, -0.15) is 0 Å². The molecule has 1 aliphatic rings. The molecule has 1 amide bonds. The molecule has 0 N–H and O–H groups in total. The summed E-state index contributed by atoms with van der Waals surface area (Å²) in [6.07, 6.45) is 5.63. The van der Waals surface area contributed by atoms with Crippen molar-refractivity contribution < 1.29 is 4.79 Å². The Morgan fingerprint density at radius 3 is 2.15 bits per heavy atom. The number of carbonyl (C=O) groups excluding carboxylic acids is 1. The highest BCUT2D eigenvalue weighted by molar-refractivity contribution is 9.09. The SMILES string of the molecule is CC(C)N(CCCBr)C(=O)C1CCC(C(C)(C)C)CC1. The molecule has 3 heteroatoms. The standard InChI is InChI=1S/C17H32BrNO/c1-13(2)19(12-6-11-18)16(20)14-7-9-15(10-8-14)17(3,4)5/h13-15H,6-12H2,1-5H3. The Balaban J connectivity index is 2.56. The van der Waals surface area contributed by atoms with Crippen LogP contribution in [-0.4, -0.2) is 28.7 Å².